The Labute approximate surface area is 114 Å². The van der Waals surface area contributed by atoms with Crippen LogP contribution < -0.4 is 0 Å². The number of benzene rings is 2. The molecule has 102 valence electrons. The van der Waals surface area contributed by atoms with Gasteiger partial charge in [-0.3, -0.25) is 0 Å². The van der Waals surface area contributed by atoms with Crippen molar-refractivity contribution in [1.29, 1.82) is 0 Å². The number of halogens is 2. The van der Waals surface area contributed by atoms with E-state index in [1.807, 2.05) is 0 Å². The van der Waals surface area contributed by atoms with Crippen LogP contribution in [0.3, 0.4) is 0 Å². The van der Waals surface area contributed by atoms with Gasteiger partial charge in [0.05, 0.1) is 11.0 Å². The van der Waals surface area contributed by atoms with Crippen LogP contribution in [-0.4, -0.2) is 14.7 Å². The lowest BCUT2D eigenvalue weighted by Crippen LogP contribution is -2.05. The minimum Gasteiger partial charge on any atom is -0.388 e. The fourth-order valence-electron chi connectivity index (χ4n) is 2.27. The summed E-state index contributed by atoms with van der Waals surface area (Å²) in [5.74, 6) is -0.268. The van der Waals surface area contributed by atoms with Crippen molar-refractivity contribution in [2.45, 2.75) is 13.2 Å². The van der Waals surface area contributed by atoms with Crippen molar-refractivity contribution in [3.05, 3.63) is 65.5 Å². The fourth-order valence-corrected chi connectivity index (χ4v) is 2.27. The number of aromatic nitrogens is 2. The average Bonchev–Trinajstić information content (AvgIpc) is 2.76. The molecule has 0 spiro atoms. The number of aliphatic hydroxyl groups excluding tert-OH is 1. The third-order valence-electron chi connectivity index (χ3n) is 3.16. The van der Waals surface area contributed by atoms with Gasteiger partial charge in [0.1, 0.15) is 24.1 Å². The Bertz CT molecular complexity index is 768. The van der Waals surface area contributed by atoms with E-state index in [1.54, 1.807) is 22.8 Å². The van der Waals surface area contributed by atoms with Gasteiger partial charge in [0, 0.05) is 12.6 Å². The Balaban J connectivity index is 2.10. The Kier molecular flexibility index (Phi) is 3.20. The predicted octanol–water partition coefficient (Wildman–Crippen LogP) is 2.86. The molecule has 0 amide bonds. The van der Waals surface area contributed by atoms with E-state index in [2.05, 4.69) is 4.98 Å². The predicted molar refractivity (Wildman–Crippen MR) is 71.1 cm³/mol. The van der Waals surface area contributed by atoms with Crippen LogP contribution in [0.2, 0.25) is 0 Å². The zero-order valence-corrected chi connectivity index (χ0v) is 10.6. The minimum atomic E-state index is -0.377. The molecule has 5 heteroatoms. The van der Waals surface area contributed by atoms with Crippen LogP contribution >= 0.6 is 0 Å². The van der Waals surface area contributed by atoms with Gasteiger partial charge in [-0.15, -0.1) is 0 Å². The molecule has 0 atom stereocenters. The highest BCUT2D eigenvalue weighted by Gasteiger charge is 2.11. The fraction of sp³-hybridized carbons (Fsp3) is 0.133. The Morgan fingerprint density at radius 1 is 1.05 bits per heavy atom. The topological polar surface area (TPSA) is 38.1 Å². The zero-order valence-electron chi connectivity index (χ0n) is 10.6. The Hall–Kier alpha value is -2.27. The number of imidazole rings is 1. The van der Waals surface area contributed by atoms with E-state index in [0.717, 1.165) is 5.56 Å². The maximum Gasteiger partial charge on any atom is 0.136 e. The second-order valence-electron chi connectivity index (χ2n) is 4.54. The molecule has 0 bridgehead atoms. The van der Waals surface area contributed by atoms with Crippen LogP contribution in [-0.2, 0) is 13.2 Å². The molecular weight excluding hydrogens is 262 g/mol. The van der Waals surface area contributed by atoms with Crippen LogP contribution in [0.4, 0.5) is 8.78 Å². The zero-order chi connectivity index (χ0) is 14.1. The summed E-state index contributed by atoms with van der Waals surface area (Å²) in [6, 6.07) is 10.5. The summed E-state index contributed by atoms with van der Waals surface area (Å²) >= 11 is 0. The van der Waals surface area contributed by atoms with Crippen molar-refractivity contribution in [3.63, 3.8) is 0 Å². The lowest BCUT2D eigenvalue weighted by atomic mass is 10.2. The van der Waals surface area contributed by atoms with E-state index >= 15 is 0 Å². The summed E-state index contributed by atoms with van der Waals surface area (Å²) in [7, 11) is 0. The first kappa shape index (κ1) is 12.7. The van der Waals surface area contributed by atoms with E-state index in [-0.39, 0.29) is 18.2 Å². The molecule has 0 aliphatic carbocycles. The normalized spacial score (nSPS) is 11.2. The molecule has 1 heterocycles. The van der Waals surface area contributed by atoms with Crippen LogP contribution in [0.5, 0.6) is 0 Å². The van der Waals surface area contributed by atoms with Crippen molar-refractivity contribution in [3.8, 4) is 0 Å². The quantitative estimate of drug-likeness (QED) is 0.797. The van der Waals surface area contributed by atoms with E-state index in [1.165, 1.54) is 24.3 Å². The molecule has 3 rings (SSSR count). The molecule has 0 aliphatic rings. The average molecular weight is 274 g/mol. The van der Waals surface area contributed by atoms with Crippen molar-refractivity contribution in [2.24, 2.45) is 0 Å². The highest BCUT2D eigenvalue weighted by atomic mass is 19.1. The van der Waals surface area contributed by atoms with Crippen molar-refractivity contribution in [2.75, 3.05) is 0 Å². The van der Waals surface area contributed by atoms with Crippen molar-refractivity contribution in [1.82, 2.24) is 9.55 Å². The molecule has 2 aromatic carbocycles. The summed E-state index contributed by atoms with van der Waals surface area (Å²) in [6.07, 6.45) is 0. The van der Waals surface area contributed by atoms with Gasteiger partial charge >= 0.3 is 0 Å². The lowest BCUT2D eigenvalue weighted by Gasteiger charge is -2.08. The molecule has 1 aromatic heterocycles. The second kappa shape index (κ2) is 5.02. The first-order chi connectivity index (χ1) is 9.67. The second-order valence-corrected chi connectivity index (χ2v) is 4.54. The molecule has 3 nitrogen and oxygen atoms in total. The van der Waals surface area contributed by atoms with E-state index in [0.29, 0.717) is 23.4 Å². The molecule has 1 N–H and O–H groups in total. The van der Waals surface area contributed by atoms with Crippen LogP contribution in [0.15, 0.2) is 42.5 Å². The Morgan fingerprint density at radius 3 is 2.60 bits per heavy atom. The summed E-state index contributed by atoms with van der Waals surface area (Å²) in [6.45, 7) is 0.113. The molecule has 0 unspecified atom stereocenters. The number of hydrogen-bond donors (Lipinski definition) is 1. The van der Waals surface area contributed by atoms with Gasteiger partial charge < -0.3 is 9.67 Å². The SMILES string of the molecule is OCc1nc2cc(F)ccc2n1Cc1cccc(F)c1. The van der Waals surface area contributed by atoms with E-state index in [4.69, 9.17) is 0 Å². The van der Waals surface area contributed by atoms with Gasteiger partial charge in [-0.05, 0) is 29.8 Å². The summed E-state index contributed by atoms with van der Waals surface area (Å²) in [5.41, 5.74) is 1.94. The van der Waals surface area contributed by atoms with E-state index in [9.17, 15) is 13.9 Å². The highest BCUT2D eigenvalue weighted by Crippen LogP contribution is 2.19. The first-order valence-electron chi connectivity index (χ1n) is 6.17. The molecule has 0 fully saturated rings. The summed E-state index contributed by atoms with van der Waals surface area (Å²) in [5, 5.41) is 9.37. The molecular formula is C15H12F2N2O. The Morgan fingerprint density at radius 2 is 1.85 bits per heavy atom. The number of fused-ring (bicyclic) bond motifs is 1. The van der Waals surface area contributed by atoms with Gasteiger partial charge in [-0.1, -0.05) is 12.1 Å². The largest absolute Gasteiger partial charge is 0.388 e. The van der Waals surface area contributed by atoms with Gasteiger partial charge in [0.25, 0.3) is 0 Å². The van der Waals surface area contributed by atoms with Crippen molar-refractivity contribution < 1.29 is 13.9 Å². The van der Waals surface area contributed by atoms with Crippen LogP contribution in [0.25, 0.3) is 11.0 Å². The molecule has 0 saturated heterocycles. The van der Waals surface area contributed by atoms with Gasteiger partial charge in [-0.25, -0.2) is 13.8 Å². The molecule has 20 heavy (non-hydrogen) atoms. The standard InChI is InChI=1S/C15H12F2N2O/c16-11-3-1-2-10(6-11)8-19-14-5-4-12(17)7-13(14)18-15(19)9-20/h1-7,20H,8-9H2. The minimum absolute atomic E-state index is 0.258. The lowest BCUT2D eigenvalue weighted by molar-refractivity contribution is 0.267. The third kappa shape index (κ3) is 2.28. The van der Waals surface area contributed by atoms with Gasteiger partial charge in [0.2, 0.25) is 0 Å². The van der Waals surface area contributed by atoms with Crippen molar-refractivity contribution >= 4 is 11.0 Å². The first-order valence-corrected chi connectivity index (χ1v) is 6.17. The number of hydrogen-bond acceptors (Lipinski definition) is 2. The maximum absolute atomic E-state index is 13.2. The third-order valence-corrected chi connectivity index (χ3v) is 3.16. The smallest absolute Gasteiger partial charge is 0.136 e. The summed E-state index contributed by atoms with van der Waals surface area (Å²) < 4.78 is 28.2. The molecule has 0 aliphatic heterocycles. The number of nitrogens with zero attached hydrogens (tertiary/aromatic N) is 2. The van der Waals surface area contributed by atoms with Gasteiger partial charge in [-0.2, -0.15) is 0 Å². The molecule has 3 aromatic rings. The summed E-state index contributed by atoms with van der Waals surface area (Å²) in [4.78, 5) is 4.19. The van der Waals surface area contributed by atoms with Crippen LogP contribution in [0.1, 0.15) is 11.4 Å². The van der Waals surface area contributed by atoms with Gasteiger partial charge in [0.15, 0.2) is 0 Å². The molecule has 0 radical (unpaired) electrons. The monoisotopic (exact) mass is 274 g/mol. The highest BCUT2D eigenvalue weighted by molar-refractivity contribution is 5.76. The number of rotatable bonds is 3. The molecule has 0 saturated carbocycles. The number of aliphatic hydroxyl groups is 1. The maximum atomic E-state index is 13.2. The van der Waals surface area contributed by atoms with E-state index < -0.39 is 0 Å². The van der Waals surface area contributed by atoms with Crippen LogP contribution in [0, 0.1) is 11.6 Å².